The van der Waals surface area contributed by atoms with Gasteiger partial charge < -0.3 is 9.32 Å². The van der Waals surface area contributed by atoms with Crippen molar-refractivity contribution in [3.8, 4) is 11.3 Å². The lowest BCUT2D eigenvalue weighted by Gasteiger charge is -2.15. The molecule has 6 nitrogen and oxygen atoms in total. The van der Waals surface area contributed by atoms with Crippen LogP contribution in [0, 0.1) is 0 Å². The number of likely N-dealkylation sites (tertiary alicyclic amines) is 1. The molecule has 0 radical (unpaired) electrons. The summed E-state index contributed by atoms with van der Waals surface area (Å²) < 4.78 is 5.69. The van der Waals surface area contributed by atoms with Gasteiger partial charge in [0.2, 0.25) is 5.91 Å². The Morgan fingerprint density at radius 1 is 1.16 bits per heavy atom. The number of nitrogens with zero attached hydrogens (tertiary/aromatic N) is 2. The third-order valence-electron chi connectivity index (χ3n) is 5.02. The highest BCUT2D eigenvalue weighted by Gasteiger charge is 2.31. The molecule has 1 N–H and O–H groups in total. The predicted molar refractivity (Wildman–Crippen MR) is 120 cm³/mol. The molecule has 0 saturated carbocycles. The van der Waals surface area contributed by atoms with E-state index in [4.69, 9.17) is 27.6 Å². The molecule has 1 atom stereocenters. The van der Waals surface area contributed by atoms with Gasteiger partial charge in [-0.3, -0.25) is 9.59 Å². The first-order valence-corrected chi connectivity index (χ1v) is 10.4. The second-order valence-electron chi connectivity index (χ2n) is 7.21. The van der Waals surface area contributed by atoms with Crippen LogP contribution in [0.4, 0.5) is 0 Å². The molecule has 1 aliphatic heterocycles. The Labute approximate surface area is 189 Å². The van der Waals surface area contributed by atoms with Crippen LogP contribution in [-0.2, 0) is 9.59 Å². The van der Waals surface area contributed by atoms with Crippen LogP contribution in [0.2, 0.25) is 10.0 Å². The fourth-order valence-corrected chi connectivity index (χ4v) is 4.01. The van der Waals surface area contributed by atoms with Crippen LogP contribution in [-0.4, -0.2) is 36.0 Å². The Kier molecular flexibility index (Phi) is 6.39. The lowest BCUT2D eigenvalue weighted by atomic mass is 9.99. The summed E-state index contributed by atoms with van der Waals surface area (Å²) in [6.07, 6.45) is 1.80. The van der Waals surface area contributed by atoms with E-state index in [9.17, 15) is 9.59 Å². The lowest BCUT2D eigenvalue weighted by Crippen LogP contribution is -2.36. The van der Waals surface area contributed by atoms with E-state index in [-0.39, 0.29) is 24.3 Å². The van der Waals surface area contributed by atoms with Crippen molar-refractivity contribution in [1.82, 2.24) is 10.3 Å². The molecule has 2 heterocycles. The van der Waals surface area contributed by atoms with Crippen LogP contribution >= 0.6 is 23.2 Å². The summed E-state index contributed by atoms with van der Waals surface area (Å²) in [6, 6.07) is 18.4. The second-order valence-corrected chi connectivity index (χ2v) is 8.05. The van der Waals surface area contributed by atoms with Gasteiger partial charge in [0, 0.05) is 29.5 Å². The van der Waals surface area contributed by atoms with Crippen LogP contribution in [0.25, 0.3) is 11.3 Å². The van der Waals surface area contributed by atoms with Gasteiger partial charge in [-0.25, -0.2) is 5.43 Å². The molecular formula is C23H19Cl2N3O3. The minimum Gasteiger partial charge on any atom is -0.455 e. The van der Waals surface area contributed by atoms with E-state index < -0.39 is 0 Å². The van der Waals surface area contributed by atoms with Crippen molar-refractivity contribution in [3.63, 3.8) is 0 Å². The van der Waals surface area contributed by atoms with Gasteiger partial charge in [0.1, 0.15) is 18.1 Å². The van der Waals surface area contributed by atoms with Crippen LogP contribution in [0.1, 0.15) is 23.7 Å². The molecule has 0 bridgehead atoms. The van der Waals surface area contributed by atoms with E-state index in [0.717, 1.165) is 5.56 Å². The number of carbonyl (C=O) groups is 2. The van der Waals surface area contributed by atoms with Crippen LogP contribution in [0.15, 0.2) is 70.2 Å². The van der Waals surface area contributed by atoms with Gasteiger partial charge in [-0.05, 0) is 35.9 Å². The van der Waals surface area contributed by atoms with Gasteiger partial charge >= 0.3 is 0 Å². The van der Waals surface area contributed by atoms with Crippen molar-refractivity contribution in [1.29, 1.82) is 0 Å². The topological polar surface area (TPSA) is 74.9 Å². The fraction of sp³-hybridized carbons (Fsp3) is 0.174. The maximum atomic E-state index is 12.2. The average molecular weight is 456 g/mol. The highest BCUT2D eigenvalue weighted by molar-refractivity contribution is 6.36. The maximum absolute atomic E-state index is 12.2. The molecule has 8 heteroatoms. The number of rotatable bonds is 6. The van der Waals surface area contributed by atoms with E-state index in [1.807, 2.05) is 30.3 Å². The molecule has 0 spiro atoms. The Hall–Kier alpha value is -3.09. The SMILES string of the molecule is O=C(CN1CC(c2ccccc2)CC1=O)N/N=C/c1ccc(-c2ccc(Cl)cc2Cl)o1. The lowest BCUT2D eigenvalue weighted by molar-refractivity contribution is -0.133. The Bertz CT molecular complexity index is 1130. The van der Waals surface area contributed by atoms with Crippen molar-refractivity contribution >= 4 is 41.2 Å². The van der Waals surface area contributed by atoms with Crippen molar-refractivity contribution < 1.29 is 14.0 Å². The number of benzene rings is 2. The molecule has 2 amide bonds. The zero-order valence-electron chi connectivity index (χ0n) is 16.4. The smallest absolute Gasteiger partial charge is 0.259 e. The standard InChI is InChI=1S/C23H19Cl2N3O3/c24-17-6-8-19(20(25)11-17)21-9-7-18(31-21)12-26-27-22(29)14-28-13-16(10-23(28)30)15-4-2-1-3-5-15/h1-9,11-12,16H,10,13-14H2,(H,27,29)/b26-12+. The molecule has 1 saturated heterocycles. The molecule has 31 heavy (non-hydrogen) atoms. The molecular weight excluding hydrogens is 437 g/mol. The van der Waals surface area contributed by atoms with Gasteiger partial charge in [-0.15, -0.1) is 0 Å². The summed E-state index contributed by atoms with van der Waals surface area (Å²) in [7, 11) is 0. The van der Waals surface area contributed by atoms with Crippen molar-refractivity contribution in [2.24, 2.45) is 5.10 Å². The van der Waals surface area contributed by atoms with Gasteiger partial charge in [-0.1, -0.05) is 53.5 Å². The number of hydrogen-bond acceptors (Lipinski definition) is 4. The maximum Gasteiger partial charge on any atom is 0.259 e. The third kappa shape index (κ3) is 5.16. The van der Waals surface area contributed by atoms with E-state index >= 15 is 0 Å². The molecule has 1 fully saturated rings. The van der Waals surface area contributed by atoms with Gasteiger partial charge in [0.15, 0.2) is 0 Å². The average Bonchev–Trinajstić information content (AvgIpc) is 3.36. The third-order valence-corrected chi connectivity index (χ3v) is 5.57. The Balaban J connectivity index is 1.31. The summed E-state index contributed by atoms with van der Waals surface area (Å²) in [5.41, 5.74) is 4.24. The monoisotopic (exact) mass is 455 g/mol. The zero-order chi connectivity index (χ0) is 21.8. The fourth-order valence-electron chi connectivity index (χ4n) is 3.51. The number of amides is 2. The quantitative estimate of drug-likeness (QED) is 0.431. The summed E-state index contributed by atoms with van der Waals surface area (Å²) in [4.78, 5) is 26.0. The first kappa shape index (κ1) is 21.2. The van der Waals surface area contributed by atoms with E-state index in [2.05, 4.69) is 10.5 Å². The van der Waals surface area contributed by atoms with Crippen molar-refractivity contribution in [3.05, 3.63) is 82.0 Å². The first-order valence-electron chi connectivity index (χ1n) is 9.69. The van der Waals surface area contributed by atoms with E-state index in [0.29, 0.717) is 40.1 Å². The predicted octanol–water partition coefficient (Wildman–Crippen LogP) is 4.72. The molecule has 0 aliphatic carbocycles. The number of carbonyl (C=O) groups excluding carboxylic acids is 2. The van der Waals surface area contributed by atoms with Gasteiger partial charge in [-0.2, -0.15) is 5.10 Å². The second kappa shape index (κ2) is 9.37. The van der Waals surface area contributed by atoms with Gasteiger partial charge in [0.05, 0.1) is 11.2 Å². The summed E-state index contributed by atoms with van der Waals surface area (Å²) >= 11 is 12.1. The largest absolute Gasteiger partial charge is 0.455 e. The van der Waals surface area contributed by atoms with E-state index in [1.165, 1.54) is 6.21 Å². The number of halogens is 2. The highest BCUT2D eigenvalue weighted by Crippen LogP contribution is 2.31. The molecule has 4 rings (SSSR count). The van der Waals surface area contributed by atoms with E-state index in [1.54, 1.807) is 35.2 Å². The molecule has 1 unspecified atom stereocenters. The number of furan rings is 1. The van der Waals surface area contributed by atoms with Crippen LogP contribution < -0.4 is 5.43 Å². The zero-order valence-corrected chi connectivity index (χ0v) is 17.9. The molecule has 158 valence electrons. The van der Waals surface area contributed by atoms with Crippen LogP contribution in [0.3, 0.4) is 0 Å². The van der Waals surface area contributed by atoms with Gasteiger partial charge in [0.25, 0.3) is 5.91 Å². The van der Waals surface area contributed by atoms with Crippen molar-refractivity contribution in [2.45, 2.75) is 12.3 Å². The Morgan fingerprint density at radius 2 is 1.97 bits per heavy atom. The normalized spacial score (nSPS) is 16.3. The molecule has 3 aromatic rings. The summed E-state index contributed by atoms with van der Waals surface area (Å²) in [6.45, 7) is 0.479. The Morgan fingerprint density at radius 3 is 2.74 bits per heavy atom. The molecule has 1 aliphatic rings. The van der Waals surface area contributed by atoms with Crippen LogP contribution in [0.5, 0.6) is 0 Å². The minimum atomic E-state index is -0.370. The molecule has 1 aromatic heterocycles. The first-order chi connectivity index (χ1) is 15.0. The van der Waals surface area contributed by atoms with Crippen molar-refractivity contribution in [2.75, 3.05) is 13.1 Å². The molecule has 2 aromatic carbocycles. The summed E-state index contributed by atoms with van der Waals surface area (Å²) in [5.74, 6) is 0.701. The number of nitrogens with one attached hydrogen (secondary N) is 1. The number of hydrogen-bond donors (Lipinski definition) is 1. The minimum absolute atomic E-state index is 0.0384. The number of hydrazone groups is 1. The highest BCUT2D eigenvalue weighted by atomic mass is 35.5. The summed E-state index contributed by atoms with van der Waals surface area (Å²) in [5, 5.41) is 4.93.